The molecule has 2 heterocycles. The van der Waals surface area contributed by atoms with Gasteiger partial charge in [-0.25, -0.2) is 0 Å². The molecule has 1 fully saturated rings. The molecule has 0 saturated carbocycles. The van der Waals surface area contributed by atoms with Gasteiger partial charge in [-0.15, -0.1) is 24.0 Å². The first-order chi connectivity index (χ1) is 12.7. The van der Waals surface area contributed by atoms with E-state index in [1.165, 1.54) is 5.69 Å². The van der Waals surface area contributed by atoms with Crippen LogP contribution in [0.5, 0.6) is 0 Å². The standard InChI is InChI=1S/C19H25N7.HI/c1-21-19(22-11-16-7-5-15(10-20)6-8-16)24-17-4-3-9-26(13-17)18-12-23-25(2)14-18;/h5-8,12,14,17H,3-4,9,11,13H2,1-2H3,(H2,21,22,24);1H. The van der Waals surface area contributed by atoms with Gasteiger partial charge < -0.3 is 15.5 Å². The van der Waals surface area contributed by atoms with Gasteiger partial charge in [0.2, 0.25) is 0 Å². The smallest absolute Gasteiger partial charge is 0.191 e. The molecule has 1 aromatic heterocycles. The zero-order chi connectivity index (χ0) is 18.4. The highest BCUT2D eigenvalue weighted by Gasteiger charge is 2.21. The zero-order valence-corrected chi connectivity index (χ0v) is 18.1. The third kappa shape index (κ3) is 5.85. The number of nitrogens with zero attached hydrogens (tertiary/aromatic N) is 5. The third-order valence-corrected chi connectivity index (χ3v) is 4.59. The summed E-state index contributed by atoms with van der Waals surface area (Å²) >= 11 is 0. The predicted octanol–water partition coefficient (Wildman–Crippen LogP) is 2.24. The van der Waals surface area contributed by atoms with Crippen molar-refractivity contribution in [2.24, 2.45) is 12.0 Å². The molecule has 0 aliphatic carbocycles. The molecule has 0 radical (unpaired) electrons. The Hall–Kier alpha value is -2.28. The summed E-state index contributed by atoms with van der Waals surface area (Å²) in [5.74, 6) is 0.799. The van der Waals surface area contributed by atoms with Crippen molar-refractivity contribution >= 4 is 35.6 Å². The summed E-state index contributed by atoms with van der Waals surface area (Å²) < 4.78 is 1.84. The molecule has 144 valence electrons. The summed E-state index contributed by atoms with van der Waals surface area (Å²) in [6.07, 6.45) is 6.23. The SMILES string of the molecule is CN=C(NCc1ccc(C#N)cc1)NC1CCCN(c2cnn(C)c2)C1.I. The quantitative estimate of drug-likeness (QED) is 0.400. The van der Waals surface area contributed by atoms with E-state index < -0.39 is 0 Å². The molecular formula is C19H26IN7. The zero-order valence-electron chi connectivity index (χ0n) is 15.7. The van der Waals surface area contributed by atoms with Crippen LogP contribution in [0.15, 0.2) is 41.7 Å². The molecule has 1 aromatic carbocycles. The minimum absolute atomic E-state index is 0. The van der Waals surface area contributed by atoms with E-state index in [9.17, 15) is 0 Å². The topological polar surface area (TPSA) is 81.3 Å². The summed E-state index contributed by atoms with van der Waals surface area (Å²) in [5.41, 5.74) is 2.96. The van der Waals surface area contributed by atoms with Gasteiger partial charge in [-0.3, -0.25) is 9.67 Å². The molecule has 8 heteroatoms. The molecular weight excluding hydrogens is 453 g/mol. The lowest BCUT2D eigenvalue weighted by Gasteiger charge is -2.34. The molecule has 0 spiro atoms. The molecule has 0 bridgehead atoms. The van der Waals surface area contributed by atoms with E-state index in [-0.39, 0.29) is 24.0 Å². The summed E-state index contributed by atoms with van der Waals surface area (Å²) in [7, 11) is 3.73. The number of guanidine groups is 1. The van der Waals surface area contributed by atoms with Crippen LogP contribution < -0.4 is 15.5 Å². The van der Waals surface area contributed by atoms with Crippen molar-refractivity contribution in [3.63, 3.8) is 0 Å². The molecule has 1 saturated heterocycles. The summed E-state index contributed by atoms with van der Waals surface area (Å²) in [6.45, 7) is 2.66. The maximum absolute atomic E-state index is 8.87. The molecule has 1 aliphatic heterocycles. The average Bonchev–Trinajstić information content (AvgIpc) is 3.12. The van der Waals surface area contributed by atoms with Crippen LogP contribution in [-0.4, -0.2) is 41.9 Å². The Bertz CT molecular complexity index is 791. The highest BCUT2D eigenvalue weighted by Crippen LogP contribution is 2.18. The van der Waals surface area contributed by atoms with Gasteiger partial charge >= 0.3 is 0 Å². The van der Waals surface area contributed by atoms with E-state index in [1.54, 1.807) is 7.05 Å². The largest absolute Gasteiger partial charge is 0.367 e. The Morgan fingerprint density at radius 3 is 2.78 bits per heavy atom. The van der Waals surface area contributed by atoms with Crippen LogP contribution >= 0.6 is 24.0 Å². The molecule has 1 atom stereocenters. The van der Waals surface area contributed by atoms with E-state index in [1.807, 2.05) is 42.2 Å². The number of rotatable bonds is 4. The highest BCUT2D eigenvalue weighted by atomic mass is 127. The number of hydrogen-bond donors (Lipinski definition) is 2. The van der Waals surface area contributed by atoms with Gasteiger partial charge in [-0.1, -0.05) is 12.1 Å². The molecule has 1 unspecified atom stereocenters. The minimum Gasteiger partial charge on any atom is -0.367 e. The van der Waals surface area contributed by atoms with Crippen molar-refractivity contribution in [2.45, 2.75) is 25.4 Å². The molecule has 0 amide bonds. The lowest BCUT2D eigenvalue weighted by Crippen LogP contribution is -2.51. The molecule has 2 N–H and O–H groups in total. The number of aromatic nitrogens is 2. The first-order valence-electron chi connectivity index (χ1n) is 8.88. The Morgan fingerprint density at radius 2 is 2.15 bits per heavy atom. The van der Waals surface area contributed by atoms with Crippen molar-refractivity contribution < 1.29 is 0 Å². The fraction of sp³-hybridized carbons (Fsp3) is 0.421. The number of anilines is 1. The van der Waals surface area contributed by atoms with Gasteiger partial charge in [0.05, 0.1) is 23.5 Å². The number of hydrogen-bond acceptors (Lipinski definition) is 4. The lowest BCUT2D eigenvalue weighted by molar-refractivity contribution is 0.468. The second kappa shape index (κ2) is 10.2. The normalized spacial score (nSPS) is 17.0. The monoisotopic (exact) mass is 479 g/mol. The highest BCUT2D eigenvalue weighted by molar-refractivity contribution is 14.0. The first kappa shape index (κ1) is 21.0. The minimum atomic E-state index is 0. The molecule has 27 heavy (non-hydrogen) atoms. The lowest BCUT2D eigenvalue weighted by atomic mass is 10.1. The number of nitrogens with one attached hydrogen (secondary N) is 2. The van der Waals surface area contributed by atoms with Crippen LogP contribution in [0, 0.1) is 11.3 Å². The van der Waals surface area contributed by atoms with Gasteiger partial charge in [0.15, 0.2) is 5.96 Å². The van der Waals surface area contributed by atoms with Gasteiger partial charge in [0, 0.05) is 46.0 Å². The first-order valence-corrected chi connectivity index (χ1v) is 8.88. The molecule has 7 nitrogen and oxygen atoms in total. The van der Waals surface area contributed by atoms with Crippen LogP contribution in [0.25, 0.3) is 0 Å². The van der Waals surface area contributed by atoms with Gasteiger partial charge in [-0.05, 0) is 30.5 Å². The predicted molar refractivity (Wildman–Crippen MR) is 118 cm³/mol. The van der Waals surface area contributed by atoms with Crippen LogP contribution in [-0.2, 0) is 13.6 Å². The van der Waals surface area contributed by atoms with E-state index in [2.05, 4.69) is 37.9 Å². The number of piperidine rings is 1. The second-order valence-electron chi connectivity index (χ2n) is 6.54. The van der Waals surface area contributed by atoms with Gasteiger partial charge in [0.1, 0.15) is 0 Å². The molecule has 2 aromatic rings. The third-order valence-electron chi connectivity index (χ3n) is 4.59. The van der Waals surface area contributed by atoms with Gasteiger partial charge in [-0.2, -0.15) is 10.4 Å². The number of halogens is 1. The Labute approximate surface area is 177 Å². The maximum Gasteiger partial charge on any atom is 0.191 e. The van der Waals surface area contributed by atoms with Crippen LogP contribution in [0.2, 0.25) is 0 Å². The van der Waals surface area contributed by atoms with Crippen molar-refractivity contribution in [1.29, 1.82) is 5.26 Å². The number of nitriles is 1. The molecule has 1 aliphatic rings. The fourth-order valence-electron chi connectivity index (χ4n) is 3.17. The summed E-state index contributed by atoms with van der Waals surface area (Å²) in [5, 5.41) is 20.0. The number of benzene rings is 1. The van der Waals surface area contributed by atoms with E-state index in [0.717, 1.165) is 37.5 Å². The van der Waals surface area contributed by atoms with Gasteiger partial charge in [0.25, 0.3) is 0 Å². The van der Waals surface area contributed by atoms with Crippen LogP contribution in [0.4, 0.5) is 5.69 Å². The van der Waals surface area contributed by atoms with Crippen LogP contribution in [0.3, 0.4) is 0 Å². The fourth-order valence-corrected chi connectivity index (χ4v) is 3.17. The van der Waals surface area contributed by atoms with E-state index >= 15 is 0 Å². The number of aryl methyl sites for hydroxylation is 1. The van der Waals surface area contributed by atoms with Crippen molar-refractivity contribution in [1.82, 2.24) is 20.4 Å². The van der Waals surface area contributed by atoms with Crippen LogP contribution in [0.1, 0.15) is 24.0 Å². The second-order valence-corrected chi connectivity index (χ2v) is 6.54. The van der Waals surface area contributed by atoms with E-state index in [0.29, 0.717) is 18.2 Å². The van der Waals surface area contributed by atoms with Crippen molar-refractivity contribution in [3.05, 3.63) is 47.8 Å². The Balaban J connectivity index is 0.00000261. The number of aliphatic imine (C=N–C) groups is 1. The van der Waals surface area contributed by atoms with Crippen molar-refractivity contribution in [3.8, 4) is 6.07 Å². The Kier molecular flexibility index (Phi) is 7.91. The maximum atomic E-state index is 8.87. The Morgan fingerprint density at radius 1 is 1.37 bits per heavy atom. The van der Waals surface area contributed by atoms with E-state index in [4.69, 9.17) is 5.26 Å². The summed E-state index contributed by atoms with van der Waals surface area (Å²) in [4.78, 5) is 6.70. The average molecular weight is 479 g/mol. The molecule has 3 rings (SSSR count). The van der Waals surface area contributed by atoms with Crippen molar-refractivity contribution in [2.75, 3.05) is 25.0 Å². The summed E-state index contributed by atoms with van der Waals surface area (Å²) in [6, 6.07) is 10.1.